The van der Waals surface area contributed by atoms with Crippen molar-refractivity contribution >= 4 is 5.97 Å². The molecule has 0 spiro atoms. The number of nitrogens with zero attached hydrogens (tertiary/aromatic N) is 3. The number of pyridine rings is 1. The van der Waals surface area contributed by atoms with Crippen LogP contribution in [0, 0.1) is 5.21 Å². The Kier molecular flexibility index (Phi) is 6.83. The van der Waals surface area contributed by atoms with Gasteiger partial charge >= 0.3 is 5.97 Å². The van der Waals surface area contributed by atoms with Crippen molar-refractivity contribution in [1.82, 2.24) is 9.55 Å². The number of ether oxygens (including phenoxy) is 1. The fourth-order valence-electron chi connectivity index (χ4n) is 3.88. The predicted octanol–water partition coefficient (Wildman–Crippen LogP) is 5.03. The number of hydrogen-bond acceptors (Lipinski definition) is 4. The van der Waals surface area contributed by atoms with Gasteiger partial charge in [-0.2, -0.15) is 4.73 Å². The summed E-state index contributed by atoms with van der Waals surface area (Å²) in [5, 5.41) is 12.2. The average Bonchev–Trinajstić information content (AvgIpc) is 3.25. The Morgan fingerprint density at radius 1 is 1.06 bits per heavy atom. The number of carbonyl (C=O) groups excluding carboxylic acids is 1. The Hall–Kier alpha value is -3.93. The van der Waals surface area contributed by atoms with E-state index in [0.29, 0.717) is 23.5 Å². The van der Waals surface area contributed by atoms with Crippen LogP contribution in [0.5, 0.6) is 0 Å². The molecule has 6 heteroatoms. The molecule has 0 aliphatic heterocycles. The molecule has 168 valence electrons. The highest BCUT2D eigenvalue weighted by Gasteiger charge is 2.16. The number of unbranched alkanes of at least 4 members (excludes halogenated alkanes) is 1. The second-order valence-corrected chi connectivity index (χ2v) is 7.92. The monoisotopic (exact) mass is 441 g/mol. The molecule has 0 bridgehead atoms. The third kappa shape index (κ3) is 4.95. The molecule has 0 unspecified atom stereocenters. The highest BCUT2D eigenvalue weighted by Crippen LogP contribution is 2.25. The van der Waals surface area contributed by atoms with E-state index in [0.717, 1.165) is 46.5 Å². The van der Waals surface area contributed by atoms with Crippen molar-refractivity contribution < 1.29 is 14.3 Å². The number of aryl methyl sites for hydroxylation is 1. The topological polar surface area (TPSA) is 71.1 Å². The molecule has 2 aromatic heterocycles. The van der Waals surface area contributed by atoms with E-state index in [1.165, 1.54) is 13.3 Å². The first-order valence-corrected chi connectivity index (χ1v) is 11.1. The first kappa shape index (κ1) is 22.3. The normalized spacial score (nSPS) is 10.8. The standard InChI is InChI=1S/C27H27N3O3/c1-3-4-12-26-28-24(25-11-7-8-17-30(25)32)19-29(26)18-20-13-15-21(16-14-20)22-9-5-6-10-23(22)27(31)33-2/h5-11,13-17,19H,3-4,12,18H2,1-2H3. The second kappa shape index (κ2) is 10.1. The van der Waals surface area contributed by atoms with Crippen molar-refractivity contribution in [2.24, 2.45) is 0 Å². The molecule has 4 aromatic rings. The number of hydrogen-bond donors (Lipinski definition) is 0. The Bertz CT molecular complexity index is 1250. The van der Waals surface area contributed by atoms with Crippen molar-refractivity contribution in [2.45, 2.75) is 32.7 Å². The third-order valence-electron chi connectivity index (χ3n) is 5.65. The number of rotatable bonds is 8. The van der Waals surface area contributed by atoms with Gasteiger partial charge in [-0.25, -0.2) is 9.78 Å². The summed E-state index contributed by atoms with van der Waals surface area (Å²) in [4.78, 5) is 16.9. The maximum Gasteiger partial charge on any atom is 0.338 e. The van der Waals surface area contributed by atoms with E-state index in [1.54, 1.807) is 18.2 Å². The Morgan fingerprint density at radius 3 is 2.55 bits per heavy atom. The van der Waals surface area contributed by atoms with Gasteiger partial charge in [-0.15, -0.1) is 0 Å². The molecule has 2 aromatic carbocycles. The maximum absolute atomic E-state index is 12.2. The quantitative estimate of drug-likeness (QED) is 0.218. The summed E-state index contributed by atoms with van der Waals surface area (Å²) in [5.41, 5.74) is 4.67. The number of esters is 1. The highest BCUT2D eigenvalue weighted by atomic mass is 16.5. The van der Waals surface area contributed by atoms with Crippen LogP contribution in [0.1, 0.15) is 41.5 Å². The molecule has 0 saturated heterocycles. The summed E-state index contributed by atoms with van der Waals surface area (Å²) in [5.74, 6) is 0.619. The third-order valence-corrected chi connectivity index (χ3v) is 5.65. The van der Waals surface area contributed by atoms with Crippen molar-refractivity contribution in [3.05, 3.63) is 101 Å². The van der Waals surface area contributed by atoms with Crippen LogP contribution in [0.25, 0.3) is 22.5 Å². The maximum atomic E-state index is 12.2. The number of imidazole rings is 1. The summed E-state index contributed by atoms with van der Waals surface area (Å²) < 4.78 is 7.89. The molecule has 0 aliphatic rings. The number of carbonyl (C=O) groups is 1. The Balaban J connectivity index is 1.62. The van der Waals surface area contributed by atoms with Crippen LogP contribution in [0.4, 0.5) is 0 Å². The minimum Gasteiger partial charge on any atom is -0.618 e. The minimum atomic E-state index is -0.349. The zero-order chi connectivity index (χ0) is 23.2. The summed E-state index contributed by atoms with van der Waals surface area (Å²) in [6.45, 7) is 2.80. The number of aromatic nitrogens is 3. The fraction of sp³-hybridized carbons (Fsp3) is 0.222. The van der Waals surface area contributed by atoms with E-state index in [-0.39, 0.29) is 5.97 Å². The molecular weight excluding hydrogens is 414 g/mol. The Labute approximate surface area is 193 Å². The number of benzene rings is 2. The van der Waals surface area contributed by atoms with Crippen molar-refractivity contribution in [1.29, 1.82) is 0 Å². The van der Waals surface area contributed by atoms with Crippen molar-refractivity contribution in [3.8, 4) is 22.5 Å². The molecule has 33 heavy (non-hydrogen) atoms. The van der Waals surface area contributed by atoms with Crippen molar-refractivity contribution in [3.63, 3.8) is 0 Å². The molecule has 0 N–H and O–H groups in total. The lowest BCUT2D eigenvalue weighted by atomic mass is 9.98. The molecule has 0 radical (unpaired) electrons. The van der Waals surface area contributed by atoms with Crippen LogP contribution in [0.3, 0.4) is 0 Å². The number of methoxy groups -OCH3 is 1. The average molecular weight is 442 g/mol. The van der Waals surface area contributed by atoms with E-state index >= 15 is 0 Å². The highest BCUT2D eigenvalue weighted by molar-refractivity contribution is 5.97. The van der Waals surface area contributed by atoms with Gasteiger partial charge in [0.15, 0.2) is 11.9 Å². The van der Waals surface area contributed by atoms with E-state index < -0.39 is 0 Å². The van der Waals surface area contributed by atoms with Gasteiger partial charge in [-0.3, -0.25) is 0 Å². The van der Waals surface area contributed by atoms with Crippen LogP contribution in [-0.4, -0.2) is 22.6 Å². The van der Waals surface area contributed by atoms with Crippen LogP contribution in [0.2, 0.25) is 0 Å². The predicted molar refractivity (Wildman–Crippen MR) is 128 cm³/mol. The smallest absolute Gasteiger partial charge is 0.338 e. The van der Waals surface area contributed by atoms with Gasteiger partial charge in [0.25, 0.3) is 0 Å². The molecule has 2 heterocycles. The zero-order valence-corrected chi connectivity index (χ0v) is 18.9. The summed E-state index contributed by atoms with van der Waals surface area (Å²) in [6, 6.07) is 20.9. The zero-order valence-electron chi connectivity index (χ0n) is 18.9. The first-order chi connectivity index (χ1) is 16.1. The Morgan fingerprint density at radius 2 is 1.82 bits per heavy atom. The molecule has 6 nitrogen and oxygen atoms in total. The summed E-state index contributed by atoms with van der Waals surface area (Å²) in [6.07, 6.45) is 6.40. The molecule has 0 aliphatic carbocycles. The van der Waals surface area contributed by atoms with Gasteiger partial charge in [0.1, 0.15) is 5.82 Å². The SMILES string of the molecule is CCCCc1nc(-c2cccc[n+]2[O-])cn1Cc1ccc(-c2ccccc2C(=O)OC)cc1. The van der Waals surface area contributed by atoms with E-state index in [9.17, 15) is 10.0 Å². The van der Waals surface area contributed by atoms with Crippen LogP contribution in [0.15, 0.2) is 79.1 Å². The molecule has 0 atom stereocenters. The van der Waals surface area contributed by atoms with Crippen LogP contribution in [-0.2, 0) is 17.7 Å². The van der Waals surface area contributed by atoms with Crippen molar-refractivity contribution in [2.75, 3.05) is 7.11 Å². The second-order valence-electron chi connectivity index (χ2n) is 7.92. The largest absolute Gasteiger partial charge is 0.618 e. The first-order valence-electron chi connectivity index (χ1n) is 11.1. The van der Waals surface area contributed by atoms with E-state index in [4.69, 9.17) is 9.72 Å². The van der Waals surface area contributed by atoms with Gasteiger partial charge in [-0.1, -0.05) is 55.8 Å². The minimum absolute atomic E-state index is 0.349. The van der Waals surface area contributed by atoms with Gasteiger partial charge in [0.2, 0.25) is 5.69 Å². The van der Waals surface area contributed by atoms with E-state index in [1.807, 2.05) is 42.6 Å². The van der Waals surface area contributed by atoms with Gasteiger partial charge < -0.3 is 14.5 Å². The van der Waals surface area contributed by atoms with Gasteiger partial charge in [-0.05, 0) is 35.2 Å². The summed E-state index contributed by atoms with van der Waals surface area (Å²) >= 11 is 0. The lowest BCUT2D eigenvalue weighted by Gasteiger charge is -2.10. The van der Waals surface area contributed by atoms with Gasteiger partial charge in [0, 0.05) is 31.3 Å². The lowest BCUT2D eigenvalue weighted by molar-refractivity contribution is -0.593. The molecule has 0 fully saturated rings. The molecule has 0 saturated carbocycles. The molecule has 4 rings (SSSR count). The van der Waals surface area contributed by atoms with E-state index in [2.05, 4.69) is 23.6 Å². The van der Waals surface area contributed by atoms with Crippen LogP contribution >= 0.6 is 0 Å². The van der Waals surface area contributed by atoms with Crippen LogP contribution < -0.4 is 4.73 Å². The molecular formula is C27H27N3O3. The summed E-state index contributed by atoms with van der Waals surface area (Å²) in [7, 11) is 1.39. The van der Waals surface area contributed by atoms with Gasteiger partial charge in [0.05, 0.1) is 12.7 Å². The fourth-order valence-corrected chi connectivity index (χ4v) is 3.88. The lowest BCUT2D eigenvalue weighted by Crippen LogP contribution is -2.27. The molecule has 0 amide bonds.